The van der Waals surface area contributed by atoms with Crippen LogP contribution in [0.2, 0.25) is 0 Å². The summed E-state index contributed by atoms with van der Waals surface area (Å²) in [6.07, 6.45) is 4.68. The van der Waals surface area contributed by atoms with Gasteiger partial charge in [0.15, 0.2) is 0 Å². The van der Waals surface area contributed by atoms with Crippen LogP contribution in [0.25, 0.3) is 0 Å². The second-order valence-electron chi connectivity index (χ2n) is 9.07. The van der Waals surface area contributed by atoms with E-state index in [1.54, 1.807) is 12.1 Å². The molecular weight excluding hydrogens is 473 g/mol. The minimum Gasteiger partial charge on any atom is -0.330 e. The second kappa shape index (κ2) is 10.2. The highest BCUT2D eigenvalue weighted by molar-refractivity contribution is 7.89. The van der Waals surface area contributed by atoms with Crippen molar-refractivity contribution in [1.82, 2.24) is 4.90 Å². The summed E-state index contributed by atoms with van der Waals surface area (Å²) < 4.78 is 36.4. The van der Waals surface area contributed by atoms with Gasteiger partial charge in [0, 0.05) is 12.5 Å². The summed E-state index contributed by atoms with van der Waals surface area (Å²) >= 11 is 0. The monoisotopic (exact) mass is 501 g/mol. The number of rotatable bonds is 7. The highest BCUT2D eigenvalue weighted by atomic mass is 32.2. The maximum Gasteiger partial charge on any atom is 0.257 e. The first-order chi connectivity index (χ1) is 16.6. The topological polar surface area (TPSA) is 118 Å². The van der Waals surface area contributed by atoms with E-state index in [2.05, 4.69) is 0 Å². The minimum atomic E-state index is -3.82. The van der Waals surface area contributed by atoms with Gasteiger partial charge in [-0.2, -0.15) is 0 Å². The standard InChI is InChI=1S/C25H28FN3O5S/c26-19-8-10-20(11-9-19)29-23(30)16-22(25(29)32)28(24(31)18-4-2-1-3-5-18)15-14-17-6-12-21(13-7-17)35(27,33)34/h6-13,18,22H,1-5,14-16H2,(H2,27,33,34). The highest BCUT2D eigenvalue weighted by Crippen LogP contribution is 2.30. The summed E-state index contributed by atoms with van der Waals surface area (Å²) in [5.41, 5.74) is 1.04. The van der Waals surface area contributed by atoms with Crippen molar-refractivity contribution in [2.24, 2.45) is 11.1 Å². The smallest absolute Gasteiger partial charge is 0.257 e. The number of sulfonamides is 1. The van der Waals surface area contributed by atoms with Crippen molar-refractivity contribution in [1.29, 1.82) is 0 Å². The fourth-order valence-corrected chi connectivity index (χ4v) is 5.34. The van der Waals surface area contributed by atoms with E-state index in [1.807, 2.05) is 0 Å². The molecule has 0 spiro atoms. The van der Waals surface area contributed by atoms with Crippen molar-refractivity contribution in [2.45, 2.75) is 55.9 Å². The second-order valence-corrected chi connectivity index (χ2v) is 10.6. The van der Waals surface area contributed by atoms with Crippen LogP contribution in [-0.2, 0) is 30.8 Å². The number of nitrogens with two attached hydrogens (primary N) is 1. The summed E-state index contributed by atoms with van der Waals surface area (Å²) in [7, 11) is -3.82. The van der Waals surface area contributed by atoms with E-state index in [4.69, 9.17) is 5.14 Å². The normalized spacial score (nSPS) is 19.3. The molecule has 186 valence electrons. The highest BCUT2D eigenvalue weighted by Gasteiger charge is 2.45. The van der Waals surface area contributed by atoms with Gasteiger partial charge in [-0.1, -0.05) is 31.4 Å². The van der Waals surface area contributed by atoms with E-state index in [0.717, 1.165) is 42.6 Å². The number of carbonyl (C=O) groups is 3. The van der Waals surface area contributed by atoms with Crippen molar-refractivity contribution >= 4 is 33.4 Å². The fraction of sp³-hybridized carbons (Fsp3) is 0.400. The Kier molecular flexibility index (Phi) is 7.32. The van der Waals surface area contributed by atoms with Gasteiger partial charge in [0.05, 0.1) is 17.0 Å². The Balaban J connectivity index is 1.56. The van der Waals surface area contributed by atoms with Crippen LogP contribution < -0.4 is 10.0 Å². The molecule has 1 aliphatic heterocycles. The largest absolute Gasteiger partial charge is 0.330 e. The van der Waals surface area contributed by atoms with Gasteiger partial charge in [-0.15, -0.1) is 0 Å². The summed E-state index contributed by atoms with van der Waals surface area (Å²) in [6, 6.07) is 10.2. The molecule has 8 nitrogen and oxygen atoms in total. The van der Waals surface area contributed by atoms with Gasteiger partial charge in [-0.25, -0.2) is 22.8 Å². The van der Waals surface area contributed by atoms with E-state index in [9.17, 15) is 27.2 Å². The lowest BCUT2D eigenvalue weighted by atomic mass is 9.87. The first-order valence-corrected chi connectivity index (χ1v) is 13.2. The molecule has 2 N–H and O–H groups in total. The lowest BCUT2D eigenvalue weighted by Gasteiger charge is -2.32. The average Bonchev–Trinajstić information content (AvgIpc) is 3.13. The van der Waals surface area contributed by atoms with Crippen LogP contribution in [0.5, 0.6) is 0 Å². The lowest BCUT2D eigenvalue weighted by Crippen LogP contribution is -2.48. The SMILES string of the molecule is NS(=O)(=O)c1ccc(CCN(C(=O)C2CCCCC2)C2CC(=O)N(c3ccc(F)cc3)C2=O)cc1. The number of carbonyl (C=O) groups excluding carboxylic acids is 3. The Bertz CT molecular complexity index is 1210. The third-order valence-corrected chi connectivity index (χ3v) is 7.64. The molecular formula is C25H28FN3O5S. The summed E-state index contributed by atoms with van der Waals surface area (Å²) in [5.74, 6) is -1.76. The van der Waals surface area contributed by atoms with Crippen molar-refractivity contribution in [3.8, 4) is 0 Å². The molecule has 2 fully saturated rings. The van der Waals surface area contributed by atoms with Gasteiger partial charge in [0.2, 0.25) is 21.8 Å². The number of hydrogen-bond donors (Lipinski definition) is 1. The summed E-state index contributed by atoms with van der Waals surface area (Å²) in [6.45, 7) is 0.199. The first kappa shape index (κ1) is 25.0. The Morgan fingerprint density at radius 1 is 1.00 bits per heavy atom. The first-order valence-electron chi connectivity index (χ1n) is 11.7. The van der Waals surface area contributed by atoms with Crippen molar-refractivity contribution in [3.05, 3.63) is 59.9 Å². The van der Waals surface area contributed by atoms with Crippen LogP contribution >= 0.6 is 0 Å². The Labute approximate surface area is 203 Å². The molecule has 1 aliphatic carbocycles. The van der Waals surface area contributed by atoms with Crippen LogP contribution in [0.4, 0.5) is 10.1 Å². The lowest BCUT2D eigenvalue weighted by molar-refractivity contribution is -0.142. The Morgan fingerprint density at radius 3 is 2.23 bits per heavy atom. The zero-order valence-electron chi connectivity index (χ0n) is 19.2. The maximum atomic E-state index is 13.5. The zero-order valence-corrected chi connectivity index (χ0v) is 20.0. The third-order valence-electron chi connectivity index (χ3n) is 6.71. The molecule has 35 heavy (non-hydrogen) atoms. The van der Waals surface area contributed by atoms with Crippen LogP contribution in [0.3, 0.4) is 0 Å². The van der Waals surface area contributed by atoms with Crippen LogP contribution in [-0.4, -0.2) is 43.6 Å². The van der Waals surface area contributed by atoms with E-state index in [1.165, 1.54) is 41.3 Å². The Morgan fingerprint density at radius 2 is 1.63 bits per heavy atom. The molecule has 1 saturated heterocycles. The zero-order chi connectivity index (χ0) is 25.2. The number of halogens is 1. The molecule has 3 amide bonds. The van der Waals surface area contributed by atoms with E-state index < -0.39 is 33.7 Å². The number of amides is 3. The molecule has 1 unspecified atom stereocenters. The number of primary sulfonamides is 1. The maximum absolute atomic E-state index is 13.5. The van der Waals surface area contributed by atoms with Gasteiger partial charge in [-0.05, 0) is 61.2 Å². The predicted molar refractivity (Wildman–Crippen MR) is 127 cm³/mol. The molecule has 1 heterocycles. The van der Waals surface area contributed by atoms with Gasteiger partial charge in [0.25, 0.3) is 5.91 Å². The van der Waals surface area contributed by atoms with Crippen LogP contribution in [0, 0.1) is 11.7 Å². The number of imide groups is 1. The number of nitrogens with zero attached hydrogens (tertiary/aromatic N) is 2. The number of benzene rings is 2. The predicted octanol–water partition coefficient (Wildman–Crippen LogP) is 2.76. The fourth-order valence-electron chi connectivity index (χ4n) is 4.82. The van der Waals surface area contributed by atoms with E-state index in [0.29, 0.717) is 6.42 Å². The van der Waals surface area contributed by atoms with Gasteiger partial charge in [-0.3, -0.25) is 14.4 Å². The van der Waals surface area contributed by atoms with Crippen molar-refractivity contribution in [2.75, 3.05) is 11.4 Å². The average molecular weight is 502 g/mol. The summed E-state index contributed by atoms with van der Waals surface area (Å²) in [5, 5.41) is 5.16. The molecule has 10 heteroatoms. The van der Waals surface area contributed by atoms with E-state index in [-0.39, 0.29) is 35.4 Å². The molecule has 2 aromatic rings. The molecule has 1 saturated carbocycles. The number of anilines is 1. The van der Waals surface area contributed by atoms with Crippen molar-refractivity contribution in [3.63, 3.8) is 0 Å². The molecule has 0 bridgehead atoms. The van der Waals surface area contributed by atoms with E-state index >= 15 is 0 Å². The van der Waals surface area contributed by atoms with Crippen LogP contribution in [0.1, 0.15) is 44.1 Å². The molecule has 0 aromatic heterocycles. The van der Waals surface area contributed by atoms with Gasteiger partial charge in [0.1, 0.15) is 11.9 Å². The van der Waals surface area contributed by atoms with Gasteiger partial charge >= 0.3 is 0 Å². The Hall–Kier alpha value is -3.11. The molecule has 2 aromatic carbocycles. The van der Waals surface area contributed by atoms with Crippen LogP contribution in [0.15, 0.2) is 53.4 Å². The van der Waals surface area contributed by atoms with Crippen molar-refractivity contribution < 1.29 is 27.2 Å². The molecule has 4 rings (SSSR count). The molecule has 1 atom stereocenters. The molecule has 0 radical (unpaired) electrons. The number of hydrogen-bond acceptors (Lipinski definition) is 5. The summed E-state index contributed by atoms with van der Waals surface area (Å²) in [4.78, 5) is 42.2. The quantitative estimate of drug-likeness (QED) is 0.586. The minimum absolute atomic E-state index is 0.0112. The van der Waals surface area contributed by atoms with Gasteiger partial charge < -0.3 is 4.90 Å². The third kappa shape index (κ3) is 5.59. The molecule has 2 aliphatic rings.